The first-order valence-corrected chi connectivity index (χ1v) is 2.02. The van der Waals surface area contributed by atoms with Crippen LogP contribution in [0.25, 0.3) is 0 Å². The van der Waals surface area contributed by atoms with Crippen molar-refractivity contribution in [3.05, 3.63) is 0 Å². The average molecular weight is 102 g/mol. The normalized spacial score (nSPS) is 7.14. The summed E-state index contributed by atoms with van der Waals surface area (Å²) in [5.74, 6) is 0. The standard InChI is InChI=1S/C3H7BO3/c1-4-7-3(5)6-2/h4H,1-2H3. The second kappa shape index (κ2) is 3.52. The highest BCUT2D eigenvalue weighted by Crippen LogP contribution is 1.76. The molecule has 0 atom stereocenters. The number of carbonyl (C=O) groups excluding carboxylic acids is 1. The maximum absolute atomic E-state index is 9.97. The second-order valence-electron chi connectivity index (χ2n) is 0.887. The quantitative estimate of drug-likeness (QED) is 0.349. The van der Waals surface area contributed by atoms with Crippen LogP contribution in [0.5, 0.6) is 0 Å². The van der Waals surface area contributed by atoms with E-state index in [2.05, 4.69) is 9.39 Å². The Bertz CT molecular complexity index is 63.2. The van der Waals surface area contributed by atoms with E-state index in [-0.39, 0.29) is 0 Å². The summed E-state index contributed by atoms with van der Waals surface area (Å²) in [6.07, 6.45) is -0.623. The molecule has 0 aromatic rings. The van der Waals surface area contributed by atoms with Crippen LogP contribution < -0.4 is 0 Å². The van der Waals surface area contributed by atoms with Crippen LogP contribution in [-0.4, -0.2) is 20.7 Å². The Labute approximate surface area is 42.9 Å². The maximum Gasteiger partial charge on any atom is 0.489 e. The molecule has 0 amide bonds. The van der Waals surface area contributed by atoms with Gasteiger partial charge in [0, 0.05) is 0 Å². The number of rotatable bonds is 1. The van der Waals surface area contributed by atoms with Crippen LogP contribution in [0.4, 0.5) is 4.79 Å². The summed E-state index contributed by atoms with van der Waals surface area (Å²) < 4.78 is 8.46. The van der Waals surface area contributed by atoms with E-state index >= 15 is 0 Å². The minimum absolute atomic E-state index is 0.368. The number of hydrogen-bond acceptors (Lipinski definition) is 3. The summed E-state index contributed by atoms with van der Waals surface area (Å²) in [5, 5.41) is 0. The van der Waals surface area contributed by atoms with Crippen molar-refractivity contribution in [2.24, 2.45) is 0 Å². The molecule has 0 aliphatic heterocycles. The molecule has 7 heavy (non-hydrogen) atoms. The van der Waals surface area contributed by atoms with Crippen molar-refractivity contribution in [3.8, 4) is 0 Å². The molecule has 0 radical (unpaired) electrons. The predicted molar refractivity (Wildman–Crippen MR) is 26.5 cm³/mol. The van der Waals surface area contributed by atoms with E-state index < -0.39 is 6.16 Å². The molecule has 3 nitrogen and oxygen atoms in total. The molecule has 0 fully saturated rings. The molecule has 0 aliphatic rings. The topological polar surface area (TPSA) is 35.5 Å². The summed E-state index contributed by atoms with van der Waals surface area (Å²) in [5.41, 5.74) is 0. The largest absolute Gasteiger partial charge is 0.510 e. The first kappa shape index (κ1) is 6.33. The third kappa shape index (κ3) is 3.16. The Kier molecular flexibility index (Phi) is 3.19. The molecule has 0 unspecified atom stereocenters. The highest BCUT2D eigenvalue weighted by molar-refractivity contribution is 6.27. The van der Waals surface area contributed by atoms with Gasteiger partial charge < -0.3 is 9.39 Å². The van der Waals surface area contributed by atoms with Gasteiger partial charge in [-0.1, -0.05) is 0 Å². The molecule has 0 N–H and O–H groups in total. The van der Waals surface area contributed by atoms with Crippen molar-refractivity contribution in [2.45, 2.75) is 6.82 Å². The van der Waals surface area contributed by atoms with Gasteiger partial charge in [-0.25, -0.2) is 4.79 Å². The van der Waals surface area contributed by atoms with Crippen LogP contribution in [0.1, 0.15) is 0 Å². The minimum atomic E-state index is -0.623. The summed E-state index contributed by atoms with van der Waals surface area (Å²) >= 11 is 0. The van der Waals surface area contributed by atoms with Crippen molar-refractivity contribution >= 4 is 13.6 Å². The zero-order valence-electron chi connectivity index (χ0n) is 4.43. The Balaban J connectivity index is 3.00. The lowest BCUT2D eigenvalue weighted by Crippen LogP contribution is -2.04. The van der Waals surface area contributed by atoms with Gasteiger partial charge >= 0.3 is 13.6 Å². The molecule has 0 saturated heterocycles. The third-order valence-corrected chi connectivity index (χ3v) is 0.429. The smallest absolute Gasteiger partial charge is 0.489 e. The van der Waals surface area contributed by atoms with Crippen molar-refractivity contribution in [1.29, 1.82) is 0 Å². The van der Waals surface area contributed by atoms with Crippen molar-refractivity contribution < 1.29 is 14.2 Å². The fourth-order valence-corrected chi connectivity index (χ4v) is 0.177. The number of hydrogen-bond donors (Lipinski definition) is 0. The van der Waals surface area contributed by atoms with Gasteiger partial charge in [-0.05, 0) is 6.82 Å². The zero-order valence-corrected chi connectivity index (χ0v) is 4.43. The van der Waals surface area contributed by atoms with Gasteiger partial charge in [0.2, 0.25) is 0 Å². The predicted octanol–water partition coefficient (Wildman–Crippen LogP) is 0.169. The fraction of sp³-hybridized carbons (Fsp3) is 0.667. The van der Waals surface area contributed by atoms with Gasteiger partial charge in [0.15, 0.2) is 0 Å². The minimum Gasteiger partial charge on any atom is -0.510 e. The Morgan fingerprint density at radius 1 is 1.71 bits per heavy atom. The van der Waals surface area contributed by atoms with E-state index in [1.165, 1.54) is 7.11 Å². The average Bonchev–Trinajstić information content (AvgIpc) is 1.68. The van der Waals surface area contributed by atoms with E-state index in [9.17, 15) is 4.79 Å². The maximum atomic E-state index is 9.97. The van der Waals surface area contributed by atoms with E-state index in [0.29, 0.717) is 7.48 Å². The summed E-state index contributed by atoms with van der Waals surface area (Å²) in [7, 11) is 1.64. The van der Waals surface area contributed by atoms with Crippen LogP contribution in [0.15, 0.2) is 0 Å². The second-order valence-corrected chi connectivity index (χ2v) is 0.887. The van der Waals surface area contributed by atoms with Crippen molar-refractivity contribution in [3.63, 3.8) is 0 Å². The van der Waals surface area contributed by atoms with E-state index in [1.54, 1.807) is 6.82 Å². The summed E-state index contributed by atoms with van der Waals surface area (Å²) in [4.78, 5) is 9.97. The lowest BCUT2D eigenvalue weighted by atomic mass is 10.1. The van der Waals surface area contributed by atoms with E-state index in [0.717, 1.165) is 0 Å². The van der Waals surface area contributed by atoms with Gasteiger partial charge in [-0.2, -0.15) is 0 Å². The molecule has 0 aromatic carbocycles. The van der Waals surface area contributed by atoms with Crippen molar-refractivity contribution in [2.75, 3.05) is 7.11 Å². The lowest BCUT2D eigenvalue weighted by molar-refractivity contribution is 0.123. The van der Waals surface area contributed by atoms with Crippen LogP contribution in [0.3, 0.4) is 0 Å². The van der Waals surface area contributed by atoms with Crippen molar-refractivity contribution in [1.82, 2.24) is 0 Å². The third-order valence-electron chi connectivity index (χ3n) is 0.429. The molecular formula is C3H7BO3. The number of ether oxygens (including phenoxy) is 1. The monoisotopic (exact) mass is 102 g/mol. The van der Waals surface area contributed by atoms with Gasteiger partial charge in [-0.3, -0.25) is 0 Å². The molecule has 0 heterocycles. The number of methoxy groups -OCH3 is 1. The van der Waals surface area contributed by atoms with Gasteiger partial charge in [-0.15, -0.1) is 0 Å². The Hall–Kier alpha value is -0.665. The molecule has 0 spiro atoms. The van der Waals surface area contributed by atoms with Gasteiger partial charge in [0.05, 0.1) is 7.11 Å². The summed E-state index contributed by atoms with van der Waals surface area (Å²) in [6, 6.07) is 0. The van der Waals surface area contributed by atoms with Gasteiger partial charge in [0.1, 0.15) is 0 Å². The van der Waals surface area contributed by atoms with Gasteiger partial charge in [0.25, 0.3) is 0 Å². The highest BCUT2D eigenvalue weighted by Gasteiger charge is 1.93. The molecular weight excluding hydrogens is 94.8 g/mol. The van der Waals surface area contributed by atoms with E-state index in [4.69, 9.17) is 0 Å². The van der Waals surface area contributed by atoms with Crippen LogP contribution in [-0.2, 0) is 9.39 Å². The van der Waals surface area contributed by atoms with Crippen LogP contribution in [0.2, 0.25) is 6.82 Å². The molecule has 0 rings (SSSR count). The molecule has 0 bridgehead atoms. The molecule has 0 aliphatic carbocycles. The first-order valence-electron chi connectivity index (χ1n) is 2.02. The van der Waals surface area contributed by atoms with Crippen LogP contribution in [0, 0.1) is 0 Å². The number of carbonyl (C=O) groups is 1. The molecule has 0 saturated carbocycles. The molecule has 40 valence electrons. The molecule has 0 aromatic heterocycles. The Morgan fingerprint density at radius 3 is 2.43 bits per heavy atom. The van der Waals surface area contributed by atoms with Crippen LogP contribution >= 0.6 is 0 Å². The van der Waals surface area contributed by atoms with E-state index in [1.807, 2.05) is 0 Å². The lowest BCUT2D eigenvalue weighted by Gasteiger charge is -1.94. The SMILES string of the molecule is CBOC(=O)OC. The zero-order chi connectivity index (χ0) is 5.70. The first-order chi connectivity index (χ1) is 3.31. The highest BCUT2D eigenvalue weighted by atomic mass is 16.7. The molecule has 4 heteroatoms. The fourth-order valence-electron chi connectivity index (χ4n) is 0.177. The Morgan fingerprint density at radius 2 is 2.29 bits per heavy atom. The summed E-state index contributed by atoms with van der Waals surface area (Å²) in [6.45, 7) is 1.72.